The maximum Gasteiger partial charge on any atom is 0.274 e. The third-order valence-corrected chi connectivity index (χ3v) is 5.07. The lowest BCUT2D eigenvalue weighted by Gasteiger charge is -2.32. The molecule has 3 heterocycles. The first-order chi connectivity index (χ1) is 12.7. The third kappa shape index (κ3) is 2.89. The van der Waals surface area contributed by atoms with E-state index >= 15 is 0 Å². The average molecular weight is 351 g/mol. The van der Waals surface area contributed by atoms with Gasteiger partial charge in [-0.2, -0.15) is 0 Å². The second-order valence-corrected chi connectivity index (χ2v) is 6.76. The number of piperazine rings is 1. The van der Waals surface area contributed by atoms with E-state index < -0.39 is 0 Å². The van der Waals surface area contributed by atoms with Crippen molar-refractivity contribution in [1.29, 1.82) is 0 Å². The van der Waals surface area contributed by atoms with E-state index in [1.54, 1.807) is 15.9 Å². The third-order valence-electron chi connectivity index (χ3n) is 5.07. The largest absolute Gasteiger partial charge is 0.342 e. The first kappa shape index (κ1) is 16.5. The van der Waals surface area contributed by atoms with Gasteiger partial charge in [-0.1, -0.05) is 18.2 Å². The zero-order valence-electron chi connectivity index (χ0n) is 14.7. The van der Waals surface area contributed by atoms with E-state index in [0.29, 0.717) is 37.9 Å². The van der Waals surface area contributed by atoms with Crippen LogP contribution in [0, 0.1) is 0 Å². The van der Waals surface area contributed by atoms with Crippen molar-refractivity contribution in [1.82, 2.24) is 20.0 Å². The molecule has 2 amide bonds. The molecule has 2 aromatic rings. The van der Waals surface area contributed by atoms with Gasteiger partial charge in [-0.05, 0) is 37.1 Å². The molecule has 0 bridgehead atoms. The molecule has 7 nitrogen and oxygen atoms in total. The van der Waals surface area contributed by atoms with E-state index in [-0.39, 0.29) is 5.91 Å². The molecule has 1 unspecified atom stereocenters. The Morgan fingerprint density at radius 3 is 2.54 bits per heavy atom. The molecule has 2 aliphatic heterocycles. The van der Waals surface area contributed by atoms with Gasteiger partial charge in [0.2, 0.25) is 6.41 Å². The molecule has 2 aliphatic rings. The number of aromatic nitrogens is 2. The molecule has 0 aliphatic carbocycles. The van der Waals surface area contributed by atoms with Crippen molar-refractivity contribution in [2.24, 2.45) is 0 Å². The lowest BCUT2D eigenvalue weighted by atomic mass is 10.1. The zero-order valence-corrected chi connectivity index (χ0v) is 14.7. The highest BCUT2D eigenvalue weighted by molar-refractivity contribution is 5.92. The molecule has 1 aromatic heterocycles. The minimum Gasteiger partial charge on any atom is -0.342 e. The molecule has 26 heavy (non-hydrogen) atoms. The molecule has 1 saturated heterocycles. The smallest absolute Gasteiger partial charge is 0.274 e. The standard InChI is InChI=1S/C19H21N5O2/c1-14-12-15-4-2-3-5-17(15)24(14)18-7-6-16(20-21-18)19(26)23-10-8-22(13-25)9-11-23/h2-7,13-14H,8-12H2,1H3. The summed E-state index contributed by atoms with van der Waals surface area (Å²) < 4.78 is 0. The number of amides is 2. The Labute approximate surface area is 152 Å². The van der Waals surface area contributed by atoms with Crippen molar-refractivity contribution in [3.8, 4) is 0 Å². The highest BCUT2D eigenvalue weighted by atomic mass is 16.2. The van der Waals surface area contributed by atoms with Gasteiger partial charge in [0.25, 0.3) is 5.91 Å². The lowest BCUT2D eigenvalue weighted by molar-refractivity contribution is -0.119. The Balaban J connectivity index is 1.51. The number of hydrogen-bond acceptors (Lipinski definition) is 5. The molecule has 7 heteroatoms. The van der Waals surface area contributed by atoms with Gasteiger partial charge in [-0.25, -0.2) is 0 Å². The average Bonchev–Trinajstić information content (AvgIpc) is 3.03. The van der Waals surface area contributed by atoms with Crippen LogP contribution in [0.1, 0.15) is 23.0 Å². The van der Waals surface area contributed by atoms with Crippen molar-refractivity contribution in [2.45, 2.75) is 19.4 Å². The molecule has 1 aromatic carbocycles. The van der Waals surface area contributed by atoms with Crippen LogP contribution < -0.4 is 4.90 Å². The van der Waals surface area contributed by atoms with E-state index in [9.17, 15) is 9.59 Å². The van der Waals surface area contributed by atoms with Crippen LogP contribution in [-0.4, -0.2) is 64.5 Å². The van der Waals surface area contributed by atoms with Gasteiger partial charge in [0.05, 0.1) is 0 Å². The summed E-state index contributed by atoms with van der Waals surface area (Å²) in [5, 5.41) is 8.50. The van der Waals surface area contributed by atoms with Crippen LogP contribution in [0.25, 0.3) is 0 Å². The Hall–Kier alpha value is -2.96. The van der Waals surface area contributed by atoms with E-state index in [1.165, 1.54) is 5.56 Å². The minimum atomic E-state index is -0.135. The number of anilines is 2. The van der Waals surface area contributed by atoms with Crippen molar-refractivity contribution in [3.63, 3.8) is 0 Å². The predicted octanol–water partition coefficient (Wildman–Crippen LogP) is 1.47. The van der Waals surface area contributed by atoms with Crippen LogP contribution in [0.15, 0.2) is 36.4 Å². The normalized spacial score (nSPS) is 19.4. The Morgan fingerprint density at radius 2 is 1.85 bits per heavy atom. The number of rotatable bonds is 3. The summed E-state index contributed by atoms with van der Waals surface area (Å²) in [6.45, 7) is 4.33. The summed E-state index contributed by atoms with van der Waals surface area (Å²) in [6, 6.07) is 12.2. The second kappa shape index (κ2) is 6.74. The molecule has 1 atom stereocenters. The highest BCUT2D eigenvalue weighted by Crippen LogP contribution is 2.36. The fourth-order valence-electron chi connectivity index (χ4n) is 3.67. The molecular weight excluding hydrogens is 330 g/mol. The number of para-hydroxylation sites is 1. The Kier molecular flexibility index (Phi) is 4.28. The molecule has 0 radical (unpaired) electrons. The summed E-state index contributed by atoms with van der Waals surface area (Å²) in [4.78, 5) is 28.9. The number of carbonyl (C=O) groups excluding carboxylic acids is 2. The molecule has 4 rings (SSSR count). The van der Waals surface area contributed by atoms with E-state index in [4.69, 9.17) is 0 Å². The maximum atomic E-state index is 12.6. The van der Waals surface area contributed by atoms with Crippen molar-refractivity contribution >= 4 is 23.8 Å². The quantitative estimate of drug-likeness (QED) is 0.784. The molecule has 0 saturated carbocycles. The fraction of sp³-hybridized carbons (Fsp3) is 0.368. The summed E-state index contributed by atoms with van der Waals surface area (Å²) >= 11 is 0. The Bertz CT molecular complexity index is 815. The van der Waals surface area contributed by atoms with Crippen LogP contribution in [0.2, 0.25) is 0 Å². The molecular formula is C19H21N5O2. The van der Waals surface area contributed by atoms with Gasteiger partial charge >= 0.3 is 0 Å². The zero-order chi connectivity index (χ0) is 18.1. The summed E-state index contributed by atoms with van der Waals surface area (Å²) in [5.41, 5.74) is 2.79. The predicted molar refractivity (Wildman–Crippen MR) is 97.3 cm³/mol. The van der Waals surface area contributed by atoms with E-state index in [0.717, 1.165) is 24.3 Å². The van der Waals surface area contributed by atoms with Gasteiger partial charge in [0.15, 0.2) is 11.5 Å². The molecule has 0 spiro atoms. The summed E-state index contributed by atoms with van der Waals surface area (Å²) in [7, 11) is 0. The lowest BCUT2D eigenvalue weighted by Crippen LogP contribution is -2.48. The van der Waals surface area contributed by atoms with Gasteiger partial charge < -0.3 is 14.7 Å². The summed E-state index contributed by atoms with van der Waals surface area (Å²) in [5.74, 6) is 0.620. The minimum absolute atomic E-state index is 0.135. The monoisotopic (exact) mass is 351 g/mol. The Morgan fingerprint density at radius 1 is 1.08 bits per heavy atom. The highest BCUT2D eigenvalue weighted by Gasteiger charge is 2.28. The SMILES string of the molecule is CC1Cc2ccccc2N1c1ccc(C(=O)N2CCN(C=O)CC2)nn1. The molecule has 1 fully saturated rings. The number of carbonyl (C=O) groups is 2. The summed E-state index contributed by atoms with van der Waals surface area (Å²) in [6.07, 6.45) is 1.80. The van der Waals surface area contributed by atoms with Crippen LogP contribution in [0.3, 0.4) is 0 Å². The first-order valence-electron chi connectivity index (χ1n) is 8.87. The van der Waals surface area contributed by atoms with E-state index in [1.807, 2.05) is 18.2 Å². The number of fused-ring (bicyclic) bond motifs is 1. The molecule has 134 valence electrons. The first-order valence-corrected chi connectivity index (χ1v) is 8.87. The van der Waals surface area contributed by atoms with Crippen LogP contribution >= 0.6 is 0 Å². The number of hydrogen-bond donors (Lipinski definition) is 0. The van der Waals surface area contributed by atoms with Crippen LogP contribution in [-0.2, 0) is 11.2 Å². The van der Waals surface area contributed by atoms with E-state index in [2.05, 4.69) is 34.2 Å². The number of benzene rings is 1. The number of nitrogens with zero attached hydrogens (tertiary/aromatic N) is 5. The van der Waals surface area contributed by atoms with Crippen molar-refractivity contribution in [3.05, 3.63) is 47.7 Å². The van der Waals surface area contributed by atoms with Crippen LogP contribution in [0.5, 0.6) is 0 Å². The second-order valence-electron chi connectivity index (χ2n) is 6.76. The van der Waals surface area contributed by atoms with Gasteiger partial charge in [-0.15, -0.1) is 10.2 Å². The van der Waals surface area contributed by atoms with Crippen molar-refractivity contribution in [2.75, 3.05) is 31.1 Å². The fourth-order valence-corrected chi connectivity index (χ4v) is 3.67. The maximum absolute atomic E-state index is 12.6. The van der Waals surface area contributed by atoms with Crippen LogP contribution in [0.4, 0.5) is 11.5 Å². The van der Waals surface area contributed by atoms with Crippen molar-refractivity contribution < 1.29 is 9.59 Å². The van der Waals surface area contributed by atoms with Gasteiger partial charge in [0.1, 0.15) is 0 Å². The topological polar surface area (TPSA) is 69.6 Å². The van der Waals surface area contributed by atoms with Gasteiger partial charge in [-0.3, -0.25) is 9.59 Å². The van der Waals surface area contributed by atoms with Gasteiger partial charge in [0, 0.05) is 37.9 Å². The molecule has 0 N–H and O–H groups in total.